The first-order valence-electron chi connectivity index (χ1n) is 4.37. The van der Waals surface area contributed by atoms with Crippen LogP contribution in [0.1, 0.15) is 12.8 Å². The molecule has 0 aliphatic carbocycles. The largest absolute Gasteiger partial charge is 0.372 e. The van der Waals surface area contributed by atoms with Gasteiger partial charge in [0.05, 0.1) is 0 Å². The van der Waals surface area contributed by atoms with E-state index >= 15 is 0 Å². The smallest absolute Gasteiger partial charge is 0.316 e. The normalized spacial score (nSPS) is 15.6. The summed E-state index contributed by atoms with van der Waals surface area (Å²) in [4.78, 5) is 2.44. The summed E-state index contributed by atoms with van der Waals surface area (Å²) in [6.45, 7) is 2.45. The Morgan fingerprint density at radius 1 is 1.00 bits per heavy atom. The van der Waals surface area contributed by atoms with Crippen LogP contribution in [0.2, 0.25) is 0 Å². The third-order valence-electron chi connectivity index (χ3n) is 2.30. The van der Waals surface area contributed by atoms with Gasteiger partial charge in [-0.2, -0.15) is 0 Å². The van der Waals surface area contributed by atoms with Gasteiger partial charge in [0.1, 0.15) is 0 Å². The van der Waals surface area contributed by atoms with Crippen molar-refractivity contribution in [1.29, 1.82) is 0 Å². The van der Waals surface area contributed by atoms with E-state index in [-0.39, 0.29) is 23.1 Å². The van der Waals surface area contributed by atoms with Crippen LogP contribution in [0.4, 0.5) is 5.69 Å². The Hall–Kier alpha value is 0.266. The minimum atomic E-state index is 0. The Balaban J connectivity index is 0.000000845. The van der Waals surface area contributed by atoms with Crippen LogP contribution < -0.4 is 4.90 Å². The maximum absolute atomic E-state index is 3.44. The average Bonchev–Trinajstić information content (AvgIpc) is 2.58. The first-order valence-corrected chi connectivity index (χ1v) is 5.16. The molecule has 68 valence electrons. The molecule has 0 amide bonds. The van der Waals surface area contributed by atoms with Gasteiger partial charge in [0.15, 0.2) is 0 Å². The van der Waals surface area contributed by atoms with Crippen LogP contribution in [-0.4, -0.2) is 36.1 Å². The molecule has 1 nitrogen and oxygen atoms in total. The average molecular weight is 252 g/mol. The molecule has 0 aromatic heterocycles. The van der Waals surface area contributed by atoms with Gasteiger partial charge in [0.25, 0.3) is 0 Å². The van der Waals surface area contributed by atoms with E-state index in [2.05, 4.69) is 45.1 Å². The van der Waals surface area contributed by atoms with Crippen molar-refractivity contribution in [3.63, 3.8) is 0 Å². The van der Waals surface area contributed by atoms with E-state index in [1.807, 2.05) is 0 Å². The fourth-order valence-electron chi connectivity index (χ4n) is 1.63. The minimum Gasteiger partial charge on any atom is -0.372 e. The zero-order chi connectivity index (χ0) is 8.39. The summed E-state index contributed by atoms with van der Waals surface area (Å²) in [6, 6.07) is 8.56. The lowest BCUT2D eigenvalue weighted by Gasteiger charge is -2.16. The maximum atomic E-state index is 3.44. The highest BCUT2D eigenvalue weighted by Gasteiger charge is 2.11. The van der Waals surface area contributed by atoms with Gasteiger partial charge < -0.3 is 4.90 Å². The fourth-order valence-corrected chi connectivity index (χ4v) is 1.89. The highest BCUT2D eigenvalue weighted by atomic mass is 79.9. The second kappa shape index (κ2) is 5.22. The van der Waals surface area contributed by atoms with E-state index in [4.69, 9.17) is 0 Å². The zero-order valence-electron chi connectivity index (χ0n) is 6.96. The molecular formula is C10H14BrMgN. The lowest BCUT2D eigenvalue weighted by Crippen LogP contribution is -2.17. The van der Waals surface area contributed by atoms with Crippen molar-refractivity contribution < 1.29 is 0 Å². The Bertz CT molecular complexity index is 254. The Morgan fingerprint density at radius 2 is 1.54 bits per heavy atom. The summed E-state index contributed by atoms with van der Waals surface area (Å²) in [7, 11) is 0. The lowest BCUT2D eigenvalue weighted by molar-refractivity contribution is 0.949. The number of rotatable bonds is 1. The van der Waals surface area contributed by atoms with Gasteiger partial charge in [0.2, 0.25) is 0 Å². The summed E-state index contributed by atoms with van der Waals surface area (Å²) >= 11 is 3.44. The quantitative estimate of drug-likeness (QED) is 0.692. The summed E-state index contributed by atoms with van der Waals surface area (Å²) in [5, 5.41) is 0. The Kier molecular flexibility index (Phi) is 4.56. The summed E-state index contributed by atoms with van der Waals surface area (Å²) in [5.74, 6) is 0. The highest BCUT2D eigenvalue weighted by molar-refractivity contribution is 9.10. The Morgan fingerprint density at radius 3 is 2.08 bits per heavy atom. The van der Waals surface area contributed by atoms with Crippen LogP contribution >= 0.6 is 15.9 Å². The molecule has 0 N–H and O–H groups in total. The molecule has 0 unspecified atom stereocenters. The van der Waals surface area contributed by atoms with Crippen molar-refractivity contribution in [2.75, 3.05) is 18.0 Å². The zero-order valence-corrected chi connectivity index (χ0v) is 8.55. The molecule has 0 spiro atoms. The van der Waals surface area contributed by atoms with E-state index < -0.39 is 0 Å². The molecule has 0 bridgehead atoms. The van der Waals surface area contributed by atoms with E-state index in [1.165, 1.54) is 31.6 Å². The first-order chi connectivity index (χ1) is 5.86. The third-order valence-corrected chi connectivity index (χ3v) is 2.83. The van der Waals surface area contributed by atoms with Crippen molar-refractivity contribution in [2.24, 2.45) is 0 Å². The Labute approximate surface area is 104 Å². The molecule has 1 aromatic rings. The topological polar surface area (TPSA) is 3.24 Å². The first kappa shape index (κ1) is 11.3. The van der Waals surface area contributed by atoms with Gasteiger partial charge in [-0.25, -0.2) is 0 Å². The number of hydrogen-bond donors (Lipinski definition) is 0. The van der Waals surface area contributed by atoms with Crippen LogP contribution in [0.15, 0.2) is 28.7 Å². The van der Waals surface area contributed by atoms with Crippen molar-refractivity contribution in [1.82, 2.24) is 0 Å². The standard InChI is InChI=1S/C10H12BrN.Mg.2H/c11-9-3-5-10(6-4-9)12-7-1-2-8-12;;;/h3-6H,1-2,7-8H2;;;. The monoisotopic (exact) mass is 251 g/mol. The van der Waals surface area contributed by atoms with Crippen molar-refractivity contribution >= 4 is 44.7 Å². The highest BCUT2D eigenvalue weighted by Crippen LogP contribution is 2.21. The van der Waals surface area contributed by atoms with E-state index in [0.29, 0.717) is 0 Å². The second-order valence-corrected chi connectivity index (χ2v) is 4.09. The van der Waals surface area contributed by atoms with Gasteiger partial charge in [0, 0.05) is 23.2 Å². The number of nitrogens with zero attached hydrogens (tertiary/aromatic N) is 1. The van der Waals surface area contributed by atoms with Crippen molar-refractivity contribution in [3.8, 4) is 0 Å². The molecule has 0 saturated carbocycles. The van der Waals surface area contributed by atoms with Gasteiger partial charge in [-0.05, 0) is 37.1 Å². The van der Waals surface area contributed by atoms with Crippen molar-refractivity contribution in [3.05, 3.63) is 28.7 Å². The van der Waals surface area contributed by atoms with Gasteiger partial charge in [-0.15, -0.1) is 0 Å². The van der Waals surface area contributed by atoms with Crippen LogP contribution in [0.25, 0.3) is 0 Å². The van der Waals surface area contributed by atoms with Crippen LogP contribution in [-0.2, 0) is 0 Å². The molecule has 1 aliphatic heterocycles. The number of hydrogen-bond acceptors (Lipinski definition) is 1. The lowest BCUT2D eigenvalue weighted by atomic mass is 10.3. The maximum Gasteiger partial charge on any atom is 0.316 e. The molecule has 3 heteroatoms. The predicted molar refractivity (Wildman–Crippen MR) is 64.1 cm³/mol. The summed E-state index contributed by atoms with van der Waals surface area (Å²) in [6.07, 6.45) is 2.69. The van der Waals surface area contributed by atoms with Gasteiger partial charge in [-0.1, -0.05) is 15.9 Å². The van der Waals surface area contributed by atoms with Crippen LogP contribution in [0.3, 0.4) is 0 Å². The molecule has 2 rings (SSSR count). The molecule has 1 aliphatic rings. The number of halogens is 1. The SMILES string of the molecule is Brc1ccc(N2CCCC2)cc1.[MgH2]. The summed E-state index contributed by atoms with van der Waals surface area (Å²) in [5.41, 5.74) is 1.36. The minimum absolute atomic E-state index is 0. The molecule has 13 heavy (non-hydrogen) atoms. The second-order valence-electron chi connectivity index (χ2n) is 3.17. The molecule has 1 saturated heterocycles. The number of benzene rings is 1. The molecular weight excluding hydrogens is 238 g/mol. The fraction of sp³-hybridized carbons (Fsp3) is 0.400. The predicted octanol–water partition coefficient (Wildman–Crippen LogP) is 2.13. The molecule has 0 radical (unpaired) electrons. The van der Waals surface area contributed by atoms with Crippen LogP contribution in [0, 0.1) is 0 Å². The summed E-state index contributed by atoms with van der Waals surface area (Å²) < 4.78 is 1.16. The van der Waals surface area contributed by atoms with Gasteiger partial charge in [-0.3, -0.25) is 0 Å². The van der Waals surface area contributed by atoms with Crippen molar-refractivity contribution in [2.45, 2.75) is 12.8 Å². The van der Waals surface area contributed by atoms with Gasteiger partial charge >= 0.3 is 23.1 Å². The van der Waals surface area contributed by atoms with E-state index in [9.17, 15) is 0 Å². The van der Waals surface area contributed by atoms with E-state index in [1.54, 1.807) is 0 Å². The molecule has 1 fully saturated rings. The molecule has 1 heterocycles. The molecule has 0 atom stereocenters. The van der Waals surface area contributed by atoms with Crippen LogP contribution in [0.5, 0.6) is 0 Å². The molecule has 1 aromatic carbocycles. The number of anilines is 1. The third kappa shape index (κ3) is 2.86. The van der Waals surface area contributed by atoms with E-state index in [0.717, 1.165) is 4.47 Å².